The topological polar surface area (TPSA) is 106 Å². The van der Waals surface area contributed by atoms with Gasteiger partial charge in [-0.3, -0.25) is 4.57 Å². The molecule has 2 N–H and O–H groups in total. The molecule has 1 aliphatic rings. The van der Waals surface area contributed by atoms with Crippen LogP contribution in [0.15, 0.2) is 52.3 Å². The van der Waals surface area contributed by atoms with Crippen molar-refractivity contribution in [2.75, 3.05) is 5.32 Å². The first kappa shape index (κ1) is 24.8. The number of aromatic nitrogens is 3. The Morgan fingerprint density at radius 3 is 2.40 bits per heavy atom. The van der Waals surface area contributed by atoms with Crippen LogP contribution < -0.4 is 11.0 Å². The smallest absolute Gasteiger partial charge is 0.493 e. The minimum absolute atomic E-state index is 0.0323. The van der Waals surface area contributed by atoms with Crippen molar-refractivity contribution < 1.29 is 26.7 Å². The van der Waals surface area contributed by atoms with Crippen molar-refractivity contribution in [2.45, 2.75) is 62.0 Å². The summed E-state index contributed by atoms with van der Waals surface area (Å²) in [6.07, 6.45) is 7.35. The van der Waals surface area contributed by atoms with E-state index in [9.17, 15) is 31.5 Å². The SMILES string of the molecule is Cc1c(O)n(-c2ccc(S(=O)(=O)C(F)(F)F)cc2)c(=O)n1Cc1ccnc(NC2CCCCC2)c1. The molecule has 35 heavy (non-hydrogen) atoms. The van der Waals surface area contributed by atoms with Crippen molar-refractivity contribution in [1.82, 2.24) is 14.1 Å². The predicted octanol–water partition coefficient (Wildman–Crippen LogP) is 4.13. The van der Waals surface area contributed by atoms with Gasteiger partial charge in [-0.15, -0.1) is 0 Å². The molecule has 3 aromatic rings. The van der Waals surface area contributed by atoms with Gasteiger partial charge in [0.2, 0.25) is 5.88 Å². The molecule has 0 unspecified atom stereocenters. The van der Waals surface area contributed by atoms with E-state index in [-0.39, 0.29) is 17.9 Å². The molecule has 0 atom stereocenters. The average Bonchev–Trinajstić information content (AvgIpc) is 3.02. The van der Waals surface area contributed by atoms with Crippen LogP contribution in [0.5, 0.6) is 5.88 Å². The fraction of sp³-hybridized carbons (Fsp3) is 0.391. The molecule has 4 rings (SSSR count). The van der Waals surface area contributed by atoms with E-state index >= 15 is 0 Å². The normalized spacial score (nSPS) is 15.3. The van der Waals surface area contributed by atoms with Crippen molar-refractivity contribution in [3.05, 3.63) is 64.3 Å². The van der Waals surface area contributed by atoms with Gasteiger partial charge in [0.1, 0.15) is 5.82 Å². The van der Waals surface area contributed by atoms with Gasteiger partial charge in [-0.25, -0.2) is 22.8 Å². The summed E-state index contributed by atoms with van der Waals surface area (Å²) >= 11 is 0. The van der Waals surface area contributed by atoms with Crippen LogP contribution in [0.2, 0.25) is 0 Å². The average molecular weight is 511 g/mol. The maximum Gasteiger partial charge on any atom is 0.501 e. The maximum atomic E-state index is 13.1. The number of pyridine rings is 1. The Bertz CT molecular complexity index is 1370. The lowest BCUT2D eigenvalue weighted by molar-refractivity contribution is -0.0436. The van der Waals surface area contributed by atoms with Gasteiger partial charge < -0.3 is 10.4 Å². The standard InChI is InChI=1S/C23H25F3N4O4S/c1-15-21(31)30(18-7-9-19(10-8-18)35(33,34)23(24,25)26)22(32)29(15)14-16-11-12-27-20(13-16)28-17-5-3-2-4-6-17/h7-13,17,31H,2-6,14H2,1H3,(H,27,28). The molecule has 1 saturated carbocycles. The molecule has 8 nitrogen and oxygen atoms in total. The summed E-state index contributed by atoms with van der Waals surface area (Å²) in [6, 6.07) is 7.54. The zero-order valence-electron chi connectivity index (χ0n) is 18.9. The van der Waals surface area contributed by atoms with E-state index in [0.29, 0.717) is 11.9 Å². The van der Waals surface area contributed by atoms with Gasteiger partial charge in [0.05, 0.1) is 22.8 Å². The Morgan fingerprint density at radius 1 is 1.11 bits per heavy atom. The number of sulfone groups is 1. The monoisotopic (exact) mass is 510 g/mol. The zero-order chi connectivity index (χ0) is 25.4. The number of hydrogen-bond donors (Lipinski definition) is 2. The van der Waals surface area contributed by atoms with Crippen molar-refractivity contribution in [3.8, 4) is 11.6 Å². The highest BCUT2D eigenvalue weighted by Crippen LogP contribution is 2.31. The van der Waals surface area contributed by atoms with Crippen molar-refractivity contribution in [3.63, 3.8) is 0 Å². The second-order valence-corrected chi connectivity index (χ2v) is 10.5. The molecule has 0 bridgehead atoms. The van der Waals surface area contributed by atoms with Crippen LogP contribution in [-0.2, 0) is 16.4 Å². The zero-order valence-corrected chi connectivity index (χ0v) is 19.7. The first-order chi connectivity index (χ1) is 16.5. The molecule has 0 amide bonds. The van der Waals surface area contributed by atoms with Crippen LogP contribution in [0.1, 0.15) is 43.4 Å². The number of alkyl halides is 3. The fourth-order valence-electron chi connectivity index (χ4n) is 4.25. The molecule has 188 valence electrons. The van der Waals surface area contributed by atoms with Crippen LogP contribution in [0.25, 0.3) is 5.69 Å². The fourth-order valence-corrected chi connectivity index (χ4v) is 5.02. The molecule has 0 radical (unpaired) electrons. The van der Waals surface area contributed by atoms with Crippen molar-refractivity contribution in [2.24, 2.45) is 0 Å². The molecule has 1 aromatic carbocycles. The van der Waals surface area contributed by atoms with E-state index in [1.165, 1.54) is 30.8 Å². The molecule has 2 heterocycles. The molecule has 1 fully saturated rings. The van der Waals surface area contributed by atoms with E-state index in [4.69, 9.17) is 0 Å². The first-order valence-corrected chi connectivity index (χ1v) is 12.6. The van der Waals surface area contributed by atoms with Gasteiger partial charge in [0.25, 0.3) is 9.84 Å². The van der Waals surface area contributed by atoms with Gasteiger partial charge in [-0.1, -0.05) is 19.3 Å². The van der Waals surface area contributed by atoms with E-state index in [2.05, 4.69) is 10.3 Å². The number of halogens is 3. The summed E-state index contributed by atoms with van der Waals surface area (Å²) in [5.41, 5.74) is -5.01. The Balaban J connectivity index is 1.60. The van der Waals surface area contributed by atoms with E-state index in [1.807, 2.05) is 6.07 Å². The predicted molar refractivity (Wildman–Crippen MR) is 124 cm³/mol. The molecule has 12 heteroatoms. The summed E-state index contributed by atoms with van der Waals surface area (Å²) in [4.78, 5) is 16.5. The number of nitrogens with zero attached hydrogens (tertiary/aromatic N) is 3. The minimum Gasteiger partial charge on any atom is -0.493 e. The van der Waals surface area contributed by atoms with E-state index in [1.54, 1.807) is 12.3 Å². The Kier molecular flexibility index (Phi) is 6.67. The third-order valence-electron chi connectivity index (χ3n) is 6.19. The van der Waals surface area contributed by atoms with E-state index in [0.717, 1.165) is 47.2 Å². The second-order valence-electron chi connectivity index (χ2n) is 8.58. The highest BCUT2D eigenvalue weighted by molar-refractivity contribution is 7.92. The highest BCUT2D eigenvalue weighted by atomic mass is 32.2. The van der Waals surface area contributed by atoms with E-state index < -0.39 is 31.8 Å². The van der Waals surface area contributed by atoms with Crippen molar-refractivity contribution in [1.29, 1.82) is 0 Å². The number of aromatic hydroxyl groups is 1. The van der Waals surface area contributed by atoms with Crippen LogP contribution >= 0.6 is 0 Å². The Morgan fingerprint density at radius 2 is 1.77 bits per heavy atom. The molecular formula is C23H25F3N4O4S. The summed E-state index contributed by atoms with van der Waals surface area (Å²) < 4.78 is 63.8. The molecule has 0 saturated heterocycles. The number of benzene rings is 1. The van der Waals surface area contributed by atoms with Gasteiger partial charge in [-0.05, 0) is 61.7 Å². The lowest BCUT2D eigenvalue weighted by Gasteiger charge is -2.23. The van der Waals surface area contributed by atoms with Gasteiger partial charge in [-0.2, -0.15) is 13.2 Å². The first-order valence-electron chi connectivity index (χ1n) is 11.1. The Hall–Kier alpha value is -3.28. The maximum absolute atomic E-state index is 13.1. The molecule has 0 spiro atoms. The van der Waals surface area contributed by atoms with Gasteiger partial charge in [0, 0.05) is 12.2 Å². The van der Waals surface area contributed by atoms with Gasteiger partial charge in [0.15, 0.2) is 0 Å². The summed E-state index contributed by atoms with van der Waals surface area (Å²) in [5.74, 6) is 0.307. The number of hydrogen-bond acceptors (Lipinski definition) is 6. The molecule has 1 aliphatic carbocycles. The summed E-state index contributed by atoms with van der Waals surface area (Å²) in [6.45, 7) is 1.67. The molecule has 2 aromatic heterocycles. The largest absolute Gasteiger partial charge is 0.501 e. The highest BCUT2D eigenvalue weighted by Gasteiger charge is 2.46. The quantitative estimate of drug-likeness (QED) is 0.517. The lowest BCUT2D eigenvalue weighted by Crippen LogP contribution is -2.25. The van der Waals surface area contributed by atoms with Crippen LogP contribution in [0.4, 0.5) is 19.0 Å². The number of rotatable bonds is 6. The summed E-state index contributed by atoms with van der Waals surface area (Å²) in [5, 5.41) is 14.0. The second kappa shape index (κ2) is 9.40. The molecular weight excluding hydrogens is 485 g/mol. The number of anilines is 1. The number of nitrogens with one attached hydrogen (secondary N) is 1. The van der Waals surface area contributed by atoms with Crippen LogP contribution in [0.3, 0.4) is 0 Å². The third kappa shape index (κ3) is 4.93. The molecule has 0 aliphatic heterocycles. The Labute approximate surface area is 200 Å². The van der Waals surface area contributed by atoms with Crippen LogP contribution in [-0.4, -0.2) is 39.2 Å². The number of imidazole rings is 1. The van der Waals surface area contributed by atoms with Crippen LogP contribution in [0, 0.1) is 6.92 Å². The lowest BCUT2D eigenvalue weighted by atomic mass is 9.95. The summed E-state index contributed by atoms with van der Waals surface area (Å²) in [7, 11) is -5.52. The van der Waals surface area contributed by atoms with Crippen molar-refractivity contribution >= 4 is 15.7 Å². The van der Waals surface area contributed by atoms with Gasteiger partial charge >= 0.3 is 11.2 Å². The third-order valence-corrected chi connectivity index (χ3v) is 7.70. The minimum atomic E-state index is -5.52.